The summed E-state index contributed by atoms with van der Waals surface area (Å²) in [5.74, 6) is 0. The molecule has 0 unspecified atom stereocenters. The number of hydrogen-bond donors (Lipinski definition) is 1. The largest absolute Gasteiger partial charge is 0.344 e. The third-order valence-electron chi connectivity index (χ3n) is 0.581. The van der Waals surface area contributed by atoms with Gasteiger partial charge in [0, 0.05) is 19.0 Å². The van der Waals surface area contributed by atoms with Gasteiger partial charge in [0.15, 0.2) is 0 Å². The molecule has 1 heterocycles. The van der Waals surface area contributed by atoms with Crippen molar-refractivity contribution in [1.82, 2.24) is 9.97 Å². The van der Waals surface area contributed by atoms with Crippen LogP contribution in [0, 0.1) is 11.8 Å². The van der Waals surface area contributed by atoms with E-state index in [0.717, 1.165) is 0 Å². The predicted octanol–water partition coefficient (Wildman–Crippen LogP) is -0.0903. The van der Waals surface area contributed by atoms with Crippen molar-refractivity contribution in [2.45, 2.75) is 0 Å². The fourth-order valence-electron chi connectivity index (χ4n) is 0.310. The third-order valence-corrected chi connectivity index (χ3v) is 0.581. The maximum absolute atomic E-state index is 10.1. The Morgan fingerprint density at radius 3 is 2.56 bits per heavy atom. The fourth-order valence-corrected chi connectivity index (χ4v) is 0.310. The molecule has 0 bridgehead atoms. The number of nitrogens with zero attached hydrogens (tertiary/aromatic N) is 2. The molecule has 4 nitrogen and oxygen atoms in total. The van der Waals surface area contributed by atoms with Crippen LogP contribution in [0.2, 0.25) is 0 Å². The van der Waals surface area contributed by atoms with E-state index < -0.39 is 0 Å². The summed E-state index contributed by atoms with van der Waals surface area (Å²) in [6.07, 6.45) is 2.98. The van der Waals surface area contributed by atoms with Gasteiger partial charge in [-0.25, -0.2) is 15.0 Å². The summed E-state index contributed by atoms with van der Waals surface area (Å²) in [5, 5.41) is 6.50. The number of H-pyrrole nitrogens is 1. The van der Waals surface area contributed by atoms with Gasteiger partial charge in [0.1, 0.15) is 0 Å². The number of hydrogen-bond acceptors (Lipinski definition) is 3. The predicted molar refractivity (Wildman–Crippen MR) is 31.5 cm³/mol. The number of nitrogens with one attached hydrogen (secondary N) is 1. The zero-order chi connectivity index (χ0) is 7.11. The number of aromatic amines is 1. The molecular weight excluding hydrogens is 118 g/mol. The molecule has 0 saturated heterocycles. The second-order valence-corrected chi connectivity index (χ2v) is 1.09. The SMILES string of the molecule is C#N.O=c1nccc[nH]1. The monoisotopic (exact) mass is 123 g/mol. The van der Waals surface area contributed by atoms with Crippen LogP contribution in [0.1, 0.15) is 0 Å². The van der Waals surface area contributed by atoms with Crippen LogP contribution in [0.25, 0.3) is 0 Å². The van der Waals surface area contributed by atoms with Crippen molar-refractivity contribution >= 4 is 0 Å². The summed E-state index contributed by atoms with van der Waals surface area (Å²) in [6, 6.07) is 1.65. The molecule has 1 rings (SSSR count). The lowest BCUT2D eigenvalue weighted by molar-refractivity contribution is 1.08. The molecule has 0 saturated carbocycles. The Labute approximate surface area is 51.8 Å². The molecule has 1 aromatic heterocycles. The smallest absolute Gasteiger partial charge is 0.313 e. The van der Waals surface area contributed by atoms with Gasteiger partial charge in [0.05, 0.1) is 0 Å². The van der Waals surface area contributed by atoms with Crippen LogP contribution in [0.5, 0.6) is 0 Å². The molecule has 0 aliphatic rings. The highest BCUT2D eigenvalue weighted by Crippen LogP contribution is 1.60. The van der Waals surface area contributed by atoms with Crippen molar-refractivity contribution in [1.29, 1.82) is 5.26 Å². The van der Waals surface area contributed by atoms with Crippen LogP contribution < -0.4 is 5.69 Å². The van der Waals surface area contributed by atoms with E-state index in [-0.39, 0.29) is 5.69 Å². The summed E-state index contributed by atoms with van der Waals surface area (Å²) in [6.45, 7) is 3.50. The first kappa shape index (κ1) is 7.37. The van der Waals surface area contributed by atoms with Gasteiger partial charge in [-0.2, -0.15) is 0 Å². The fraction of sp³-hybridized carbons (Fsp3) is 0. The Balaban J connectivity index is 0.000000291. The molecule has 9 heavy (non-hydrogen) atoms. The molecule has 0 aliphatic heterocycles. The summed E-state index contributed by atoms with van der Waals surface area (Å²) >= 11 is 0. The second kappa shape index (κ2) is 4.53. The van der Waals surface area contributed by atoms with E-state index in [0.29, 0.717) is 0 Å². The van der Waals surface area contributed by atoms with Crippen LogP contribution in [0.3, 0.4) is 0 Å². The van der Waals surface area contributed by atoms with Gasteiger partial charge in [0.2, 0.25) is 0 Å². The molecule has 1 N–H and O–H groups in total. The van der Waals surface area contributed by atoms with Crippen molar-refractivity contribution < 1.29 is 0 Å². The van der Waals surface area contributed by atoms with E-state index in [2.05, 4.69) is 16.5 Å². The van der Waals surface area contributed by atoms with Crippen molar-refractivity contribution in [3.8, 4) is 6.57 Å². The van der Waals surface area contributed by atoms with E-state index in [4.69, 9.17) is 5.26 Å². The van der Waals surface area contributed by atoms with Gasteiger partial charge in [-0.3, -0.25) is 0 Å². The van der Waals surface area contributed by atoms with Gasteiger partial charge >= 0.3 is 5.69 Å². The Kier molecular flexibility index (Phi) is 3.71. The highest BCUT2D eigenvalue weighted by atomic mass is 16.1. The van der Waals surface area contributed by atoms with Gasteiger partial charge in [-0.05, 0) is 6.07 Å². The minimum atomic E-state index is -0.303. The maximum atomic E-state index is 10.1. The highest BCUT2D eigenvalue weighted by molar-refractivity contribution is 4.75. The zero-order valence-electron chi connectivity index (χ0n) is 4.61. The molecule has 0 radical (unpaired) electrons. The Morgan fingerprint density at radius 1 is 1.67 bits per heavy atom. The van der Waals surface area contributed by atoms with Gasteiger partial charge in [0.25, 0.3) is 0 Å². The van der Waals surface area contributed by atoms with Gasteiger partial charge in [-0.15, -0.1) is 0 Å². The minimum Gasteiger partial charge on any atom is -0.313 e. The average molecular weight is 123 g/mol. The van der Waals surface area contributed by atoms with Crippen molar-refractivity contribution in [3.63, 3.8) is 0 Å². The molecule has 0 fully saturated rings. The summed E-state index contributed by atoms with van der Waals surface area (Å²) in [7, 11) is 0. The summed E-state index contributed by atoms with van der Waals surface area (Å²) < 4.78 is 0. The highest BCUT2D eigenvalue weighted by Gasteiger charge is 1.70. The van der Waals surface area contributed by atoms with E-state index in [9.17, 15) is 4.79 Å². The molecule has 46 valence electrons. The standard InChI is InChI=1S/C4H4N2O.CHN/c7-4-5-2-1-3-6-4;1-2/h1-3H,(H,5,6,7);1H. The normalized spacial score (nSPS) is 6.89. The van der Waals surface area contributed by atoms with E-state index in [1.54, 1.807) is 6.07 Å². The van der Waals surface area contributed by atoms with Crippen molar-refractivity contribution in [3.05, 3.63) is 28.9 Å². The Bertz CT molecular complexity index is 209. The second-order valence-electron chi connectivity index (χ2n) is 1.09. The van der Waals surface area contributed by atoms with E-state index in [1.165, 1.54) is 12.4 Å². The number of nitriles is 1. The average Bonchev–Trinajstić information content (AvgIpc) is 1.94. The van der Waals surface area contributed by atoms with Crippen molar-refractivity contribution in [2.24, 2.45) is 0 Å². The van der Waals surface area contributed by atoms with Crippen LogP contribution in [-0.4, -0.2) is 9.97 Å². The third kappa shape index (κ3) is 3.00. The molecular formula is C5H5N3O. The van der Waals surface area contributed by atoms with Crippen molar-refractivity contribution in [2.75, 3.05) is 0 Å². The lowest BCUT2D eigenvalue weighted by Gasteiger charge is -1.72. The Hall–Kier alpha value is -1.63. The lowest BCUT2D eigenvalue weighted by Crippen LogP contribution is -2.05. The quantitative estimate of drug-likeness (QED) is 0.524. The molecule has 0 atom stereocenters. The van der Waals surface area contributed by atoms with Crippen LogP contribution in [0.15, 0.2) is 23.3 Å². The van der Waals surface area contributed by atoms with E-state index in [1.807, 2.05) is 0 Å². The molecule has 0 amide bonds. The minimum absolute atomic E-state index is 0.303. The first-order valence-corrected chi connectivity index (χ1v) is 2.15. The first-order chi connectivity index (χ1) is 4.39. The zero-order valence-corrected chi connectivity index (χ0v) is 4.61. The summed E-state index contributed by atoms with van der Waals surface area (Å²) in [4.78, 5) is 15.8. The molecule has 1 aromatic rings. The van der Waals surface area contributed by atoms with Gasteiger partial charge in [-0.1, -0.05) is 0 Å². The topological polar surface area (TPSA) is 69.5 Å². The lowest BCUT2D eigenvalue weighted by atomic mass is 10.7. The molecule has 0 aliphatic carbocycles. The summed E-state index contributed by atoms with van der Waals surface area (Å²) in [5.41, 5.74) is -0.303. The van der Waals surface area contributed by atoms with Crippen LogP contribution in [-0.2, 0) is 0 Å². The number of aromatic nitrogens is 2. The van der Waals surface area contributed by atoms with E-state index >= 15 is 0 Å². The maximum Gasteiger partial charge on any atom is 0.344 e. The molecule has 0 spiro atoms. The Morgan fingerprint density at radius 2 is 2.33 bits per heavy atom. The number of rotatable bonds is 0. The van der Waals surface area contributed by atoms with Gasteiger partial charge < -0.3 is 4.98 Å². The molecule has 4 heteroatoms. The molecule has 0 aromatic carbocycles. The van der Waals surface area contributed by atoms with Crippen LogP contribution >= 0.6 is 0 Å². The van der Waals surface area contributed by atoms with Crippen LogP contribution in [0.4, 0.5) is 0 Å². The first-order valence-electron chi connectivity index (χ1n) is 2.15.